The van der Waals surface area contributed by atoms with Gasteiger partial charge in [0.2, 0.25) is 0 Å². The van der Waals surface area contributed by atoms with Crippen LogP contribution in [0.4, 0.5) is 13.2 Å². The van der Waals surface area contributed by atoms with Crippen LogP contribution in [0.5, 0.6) is 0 Å². The van der Waals surface area contributed by atoms with Crippen molar-refractivity contribution in [3.8, 4) is 0 Å². The van der Waals surface area contributed by atoms with E-state index in [1.807, 2.05) is 27.2 Å². The number of nitrogens with zero attached hydrogens (tertiary/aromatic N) is 1. The van der Waals surface area contributed by atoms with E-state index >= 15 is 0 Å². The van der Waals surface area contributed by atoms with Crippen molar-refractivity contribution in [3.05, 3.63) is 59.5 Å². The molecule has 2 N–H and O–H groups in total. The number of sulfone groups is 1. The molecule has 1 atom stereocenters. The van der Waals surface area contributed by atoms with Crippen LogP contribution in [0.3, 0.4) is 0 Å². The van der Waals surface area contributed by atoms with Gasteiger partial charge in [0, 0.05) is 0 Å². The number of aliphatic carboxylic acids is 1. The molecule has 0 saturated heterocycles. The number of nitrogens with one attached hydrogen (secondary N) is 1. The first-order valence-electron chi connectivity index (χ1n) is 10.5. The third kappa shape index (κ3) is 12.9. The molecule has 0 fully saturated rings. The highest BCUT2D eigenvalue weighted by atomic mass is 32.2. The summed E-state index contributed by atoms with van der Waals surface area (Å²) in [5.74, 6) is -4.66. The van der Waals surface area contributed by atoms with E-state index in [4.69, 9.17) is 14.8 Å². The van der Waals surface area contributed by atoms with E-state index in [1.165, 1.54) is 12.1 Å². The fourth-order valence-corrected chi connectivity index (χ4v) is 4.40. The third-order valence-electron chi connectivity index (χ3n) is 4.31. The summed E-state index contributed by atoms with van der Waals surface area (Å²) in [6.07, 6.45) is -5.39. The third-order valence-corrected chi connectivity index (χ3v) is 5.81. The van der Waals surface area contributed by atoms with Crippen LogP contribution < -0.4 is 10.6 Å². The molecule has 0 bridgehead atoms. The SMILES string of the molecule is C[N+](C)(C)C[C@@H](CC(=O)O)NC(=O)c1ccc(CS(=O)(=O)Cc2ccccc2)o1.O=C(O[O-])C(F)(F)F. The summed E-state index contributed by atoms with van der Waals surface area (Å²) in [5.41, 5.74) is 0.675. The van der Waals surface area contributed by atoms with Gasteiger partial charge in [0.25, 0.3) is 5.91 Å². The number of hydrogen-bond donors (Lipinski definition) is 2. The number of amides is 1. The van der Waals surface area contributed by atoms with Crippen LogP contribution >= 0.6 is 0 Å². The lowest BCUT2D eigenvalue weighted by Gasteiger charge is -2.28. The Morgan fingerprint density at radius 2 is 1.68 bits per heavy atom. The zero-order valence-corrected chi connectivity index (χ0v) is 21.0. The summed E-state index contributed by atoms with van der Waals surface area (Å²) >= 11 is 0. The Hall–Kier alpha value is -3.43. The summed E-state index contributed by atoms with van der Waals surface area (Å²) in [5, 5.41) is 20.4. The molecule has 0 saturated carbocycles. The zero-order chi connectivity index (χ0) is 28.4. The molecule has 1 amide bonds. The van der Waals surface area contributed by atoms with Crippen LogP contribution in [0.15, 0.2) is 46.9 Å². The van der Waals surface area contributed by atoms with Gasteiger partial charge in [-0.15, -0.1) is 0 Å². The summed E-state index contributed by atoms with van der Waals surface area (Å²) in [6, 6.07) is 11.1. The molecule has 2 rings (SSSR count). The molecule has 0 aliphatic heterocycles. The largest absolute Gasteiger partial charge is 0.661 e. The minimum atomic E-state index is -5.16. The lowest BCUT2D eigenvalue weighted by Crippen LogP contribution is -2.49. The topological polar surface area (TPSA) is 163 Å². The van der Waals surface area contributed by atoms with E-state index in [0.29, 0.717) is 16.6 Å². The summed E-state index contributed by atoms with van der Waals surface area (Å²) in [4.78, 5) is 34.8. The first-order chi connectivity index (χ1) is 16.9. The molecule has 2 aromatic rings. The van der Waals surface area contributed by atoms with E-state index in [2.05, 4.69) is 10.2 Å². The van der Waals surface area contributed by atoms with Crippen LogP contribution in [0, 0.1) is 0 Å². The highest BCUT2D eigenvalue weighted by Gasteiger charge is 2.39. The van der Waals surface area contributed by atoms with Gasteiger partial charge in [-0.05, 0) is 17.7 Å². The molecular formula is C22H27F3N2O9S. The van der Waals surface area contributed by atoms with Crippen LogP contribution in [0.25, 0.3) is 0 Å². The number of likely N-dealkylation sites (N-methyl/N-ethyl adjacent to an activating group) is 1. The number of quaternary nitrogens is 1. The van der Waals surface area contributed by atoms with Crippen molar-refractivity contribution < 1.29 is 60.1 Å². The molecule has 206 valence electrons. The highest BCUT2D eigenvalue weighted by Crippen LogP contribution is 2.16. The molecule has 0 radical (unpaired) electrons. The summed E-state index contributed by atoms with van der Waals surface area (Å²) in [7, 11) is 2.21. The van der Waals surface area contributed by atoms with Gasteiger partial charge >= 0.3 is 18.1 Å². The van der Waals surface area contributed by atoms with Gasteiger partial charge in [-0.1, -0.05) is 30.3 Å². The van der Waals surface area contributed by atoms with Crippen LogP contribution in [0.2, 0.25) is 0 Å². The van der Waals surface area contributed by atoms with Gasteiger partial charge < -0.3 is 29.5 Å². The second-order valence-electron chi connectivity index (χ2n) is 8.89. The Morgan fingerprint density at radius 3 is 2.14 bits per heavy atom. The average molecular weight is 553 g/mol. The van der Waals surface area contributed by atoms with E-state index in [-0.39, 0.29) is 29.4 Å². The van der Waals surface area contributed by atoms with Crippen molar-refractivity contribution in [1.82, 2.24) is 5.32 Å². The van der Waals surface area contributed by atoms with Crippen LogP contribution in [0.1, 0.15) is 28.3 Å². The molecule has 1 heterocycles. The Morgan fingerprint density at radius 1 is 1.08 bits per heavy atom. The number of hydrogen-bond acceptors (Lipinski definition) is 8. The molecular weight excluding hydrogens is 525 g/mol. The van der Waals surface area contributed by atoms with Crippen molar-refractivity contribution in [2.24, 2.45) is 0 Å². The minimum Gasteiger partial charge on any atom is -0.661 e. The van der Waals surface area contributed by atoms with Crippen molar-refractivity contribution in [1.29, 1.82) is 0 Å². The second kappa shape index (κ2) is 13.2. The van der Waals surface area contributed by atoms with Gasteiger partial charge in [-0.25, -0.2) is 13.2 Å². The van der Waals surface area contributed by atoms with Gasteiger partial charge in [-0.2, -0.15) is 13.2 Å². The first-order valence-corrected chi connectivity index (χ1v) is 12.3. The highest BCUT2D eigenvalue weighted by molar-refractivity contribution is 7.89. The predicted molar refractivity (Wildman–Crippen MR) is 120 cm³/mol. The number of carbonyl (C=O) groups is 3. The number of carbonyl (C=O) groups excluding carboxylic acids is 2. The monoisotopic (exact) mass is 552 g/mol. The van der Waals surface area contributed by atoms with E-state index in [9.17, 15) is 36.0 Å². The standard InChI is InChI=1S/C20H26N2O6S.C2HF3O3/c1-22(2,3)12-16(11-19(23)24)21-20(25)18-10-9-17(28-18)14-29(26,27)13-15-7-5-4-6-8-15;3-2(4,5)1(6)8-7/h4-10,16H,11-14H2,1-3H3,(H-,21,23,24,25);7H/t16-;/m1./s1. The van der Waals surface area contributed by atoms with Gasteiger partial charge in [0.15, 0.2) is 15.6 Å². The Balaban J connectivity index is 0.000000738. The maximum Gasteiger partial charge on any atom is 0.490 e. The predicted octanol–water partition coefficient (Wildman–Crippen LogP) is 1.04. The maximum atomic E-state index is 12.4. The molecule has 1 aromatic carbocycles. The molecule has 0 spiro atoms. The minimum absolute atomic E-state index is 0.0493. The number of benzene rings is 1. The Labute approximate surface area is 210 Å². The van der Waals surface area contributed by atoms with Crippen LogP contribution in [-0.4, -0.2) is 75.8 Å². The first kappa shape index (κ1) is 31.6. The number of alkyl halides is 3. The van der Waals surface area contributed by atoms with E-state index < -0.39 is 39.9 Å². The summed E-state index contributed by atoms with van der Waals surface area (Å²) in [6.45, 7) is 0.414. The molecule has 37 heavy (non-hydrogen) atoms. The zero-order valence-electron chi connectivity index (χ0n) is 20.1. The lowest BCUT2D eigenvalue weighted by molar-refractivity contribution is -0.871. The molecule has 0 aliphatic rings. The number of carboxylic acid groups (broad SMARTS) is 1. The van der Waals surface area contributed by atoms with Crippen molar-refractivity contribution in [3.63, 3.8) is 0 Å². The maximum absolute atomic E-state index is 12.4. The molecule has 11 nitrogen and oxygen atoms in total. The summed E-state index contributed by atoms with van der Waals surface area (Å²) < 4.78 is 63.0. The van der Waals surface area contributed by atoms with Gasteiger partial charge in [0.1, 0.15) is 11.5 Å². The van der Waals surface area contributed by atoms with Crippen molar-refractivity contribution in [2.75, 3.05) is 27.7 Å². The Kier molecular flexibility index (Phi) is 11.3. The smallest absolute Gasteiger partial charge is 0.490 e. The lowest BCUT2D eigenvalue weighted by atomic mass is 10.2. The fourth-order valence-electron chi connectivity index (χ4n) is 3.01. The van der Waals surface area contributed by atoms with E-state index in [1.54, 1.807) is 24.3 Å². The van der Waals surface area contributed by atoms with Gasteiger partial charge in [0.05, 0.1) is 45.9 Å². The quantitative estimate of drug-likeness (QED) is 0.249. The van der Waals surface area contributed by atoms with E-state index in [0.717, 1.165) is 0 Å². The number of furan rings is 1. The number of rotatable bonds is 10. The molecule has 1 aromatic heterocycles. The molecule has 0 aliphatic carbocycles. The normalized spacial score (nSPS) is 12.6. The number of carboxylic acids is 1. The Bertz CT molecular complexity index is 1160. The molecule has 15 heteroatoms. The van der Waals surface area contributed by atoms with Crippen LogP contribution in [-0.2, 0) is 35.8 Å². The average Bonchev–Trinajstić information content (AvgIpc) is 3.19. The second-order valence-corrected chi connectivity index (χ2v) is 11.0. The van der Waals surface area contributed by atoms with Gasteiger partial charge in [-0.3, -0.25) is 9.59 Å². The number of halogens is 3. The van der Waals surface area contributed by atoms with Crippen molar-refractivity contribution >= 4 is 27.7 Å². The van der Waals surface area contributed by atoms with Crippen molar-refractivity contribution in [2.45, 2.75) is 30.1 Å². The molecule has 0 unspecified atom stereocenters. The fraction of sp³-hybridized carbons (Fsp3) is 0.409.